The van der Waals surface area contributed by atoms with Gasteiger partial charge in [0.05, 0.1) is 6.54 Å². The summed E-state index contributed by atoms with van der Waals surface area (Å²) < 4.78 is 37.6. The Hall–Kier alpha value is -1.27. The molecule has 0 spiro atoms. The van der Waals surface area contributed by atoms with Crippen LogP contribution in [0.4, 0.5) is 18.9 Å². The van der Waals surface area contributed by atoms with Gasteiger partial charge in [0.1, 0.15) is 0 Å². The van der Waals surface area contributed by atoms with Crippen molar-refractivity contribution in [2.24, 2.45) is 4.99 Å². The molecule has 2 aliphatic heterocycles. The Balaban J connectivity index is 0.00000363. The van der Waals surface area contributed by atoms with Gasteiger partial charge < -0.3 is 15.5 Å². The maximum atomic E-state index is 12.5. The predicted octanol–water partition coefficient (Wildman–Crippen LogP) is 2.93. The molecule has 2 N–H and O–H groups in total. The zero-order valence-electron chi connectivity index (χ0n) is 19.0. The monoisotopic (exact) mass is 568 g/mol. The lowest BCUT2D eigenvalue weighted by Gasteiger charge is -2.36. The van der Waals surface area contributed by atoms with Crippen molar-refractivity contribution in [2.75, 3.05) is 70.9 Å². The molecule has 1 unspecified atom stereocenters. The molecule has 0 amide bonds. The second-order valence-electron chi connectivity index (χ2n) is 8.50. The highest BCUT2D eigenvalue weighted by atomic mass is 127. The van der Waals surface area contributed by atoms with Gasteiger partial charge >= 0.3 is 6.18 Å². The van der Waals surface area contributed by atoms with Crippen molar-refractivity contribution >= 4 is 35.6 Å². The quantitative estimate of drug-likeness (QED) is 0.230. The summed E-state index contributed by atoms with van der Waals surface area (Å²) in [6.07, 6.45) is -2.45. The van der Waals surface area contributed by atoms with E-state index in [9.17, 15) is 13.2 Å². The molecule has 182 valence electrons. The molecule has 2 fully saturated rings. The van der Waals surface area contributed by atoms with Crippen molar-refractivity contribution in [3.8, 4) is 0 Å². The Labute approximate surface area is 206 Å². The van der Waals surface area contributed by atoms with E-state index in [1.807, 2.05) is 0 Å². The minimum atomic E-state index is -4.14. The van der Waals surface area contributed by atoms with E-state index in [1.165, 1.54) is 16.2 Å². The lowest BCUT2D eigenvalue weighted by Crippen LogP contribution is -2.48. The molecule has 2 aliphatic rings. The number of rotatable bonds is 7. The SMILES string of the molecule is CN=C(NCCCN1CCN(c2cccc(C)c2)CC1)NC1CCN(CC(F)(F)F)C1.I. The third-order valence-electron chi connectivity index (χ3n) is 5.92. The number of alkyl halides is 3. The molecule has 10 heteroatoms. The number of hydrogen-bond donors (Lipinski definition) is 2. The number of anilines is 1. The summed E-state index contributed by atoms with van der Waals surface area (Å²) in [6.45, 7) is 8.14. The summed E-state index contributed by atoms with van der Waals surface area (Å²) in [6, 6.07) is 8.66. The maximum absolute atomic E-state index is 12.5. The zero-order valence-corrected chi connectivity index (χ0v) is 21.3. The minimum absolute atomic E-state index is 0. The topological polar surface area (TPSA) is 46.1 Å². The van der Waals surface area contributed by atoms with Gasteiger partial charge in [-0.15, -0.1) is 24.0 Å². The fourth-order valence-electron chi connectivity index (χ4n) is 4.30. The maximum Gasteiger partial charge on any atom is 0.401 e. The smallest absolute Gasteiger partial charge is 0.369 e. The Kier molecular flexibility index (Phi) is 10.8. The normalized spacial score (nSPS) is 20.8. The van der Waals surface area contributed by atoms with Crippen molar-refractivity contribution in [1.82, 2.24) is 20.4 Å². The average molecular weight is 568 g/mol. The van der Waals surface area contributed by atoms with Gasteiger partial charge in [-0.25, -0.2) is 0 Å². The highest BCUT2D eigenvalue weighted by molar-refractivity contribution is 14.0. The lowest BCUT2D eigenvalue weighted by atomic mass is 10.2. The van der Waals surface area contributed by atoms with Crippen LogP contribution in [-0.4, -0.2) is 93.9 Å². The van der Waals surface area contributed by atoms with Crippen LogP contribution < -0.4 is 15.5 Å². The second-order valence-corrected chi connectivity index (χ2v) is 8.50. The summed E-state index contributed by atoms with van der Waals surface area (Å²) in [5, 5.41) is 6.56. The van der Waals surface area contributed by atoms with E-state index in [-0.39, 0.29) is 30.0 Å². The molecular formula is C22H36F3IN6. The summed E-state index contributed by atoms with van der Waals surface area (Å²) in [5.74, 6) is 0.670. The number of nitrogens with one attached hydrogen (secondary N) is 2. The van der Waals surface area contributed by atoms with Gasteiger partial charge in [-0.05, 0) is 44.0 Å². The van der Waals surface area contributed by atoms with Crippen molar-refractivity contribution in [3.63, 3.8) is 0 Å². The first-order valence-corrected chi connectivity index (χ1v) is 11.1. The fraction of sp³-hybridized carbons (Fsp3) is 0.682. The molecule has 2 saturated heterocycles. The molecule has 3 rings (SSSR count). The molecule has 0 radical (unpaired) electrons. The molecule has 0 aromatic heterocycles. The van der Waals surface area contributed by atoms with Crippen LogP contribution in [0.5, 0.6) is 0 Å². The summed E-state index contributed by atoms with van der Waals surface area (Å²) in [7, 11) is 1.70. The van der Waals surface area contributed by atoms with Crippen LogP contribution in [0.25, 0.3) is 0 Å². The van der Waals surface area contributed by atoms with Crippen molar-refractivity contribution in [2.45, 2.75) is 32.0 Å². The molecule has 2 heterocycles. The summed E-state index contributed by atoms with van der Waals surface area (Å²) in [4.78, 5) is 10.6. The third kappa shape index (κ3) is 8.93. The van der Waals surface area contributed by atoms with Gasteiger partial charge in [0.2, 0.25) is 0 Å². The molecular weight excluding hydrogens is 532 g/mol. The highest BCUT2D eigenvalue weighted by Crippen LogP contribution is 2.20. The second kappa shape index (κ2) is 12.8. The minimum Gasteiger partial charge on any atom is -0.369 e. The first-order valence-electron chi connectivity index (χ1n) is 11.1. The van der Waals surface area contributed by atoms with E-state index in [4.69, 9.17) is 0 Å². The van der Waals surface area contributed by atoms with Crippen LogP contribution in [0.3, 0.4) is 0 Å². The number of benzene rings is 1. The summed E-state index contributed by atoms with van der Waals surface area (Å²) >= 11 is 0. The van der Waals surface area contributed by atoms with Crippen LogP contribution in [0.15, 0.2) is 29.3 Å². The highest BCUT2D eigenvalue weighted by Gasteiger charge is 2.34. The molecule has 1 atom stereocenters. The Morgan fingerprint density at radius 1 is 1.12 bits per heavy atom. The number of likely N-dealkylation sites (tertiary alicyclic amines) is 1. The number of nitrogens with zero attached hydrogens (tertiary/aromatic N) is 4. The number of hydrogen-bond acceptors (Lipinski definition) is 4. The average Bonchev–Trinajstić information content (AvgIpc) is 3.15. The third-order valence-corrected chi connectivity index (χ3v) is 5.92. The van der Waals surface area contributed by atoms with Gasteiger partial charge in [-0.1, -0.05) is 12.1 Å². The standard InChI is InChI=1S/C22H35F3N6.HI/c1-18-5-3-6-20(15-18)31-13-11-29(12-14-31)9-4-8-27-21(26-2)28-19-7-10-30(16-19)17-22(23,24)25;/h3,5-6,15,19H,4,7-14,16-17H2,1-2H3,(H2,26,27,28);1H. The van der Waals surface area contributed by atoms with Gasteiger partial charge in [-0.3, -0.25) is 14.8 Å². The van der Waals surface area contributed by atoms with E-state index in [0.717, 1.165) is 45.7 Å². The molecule has 1 aromatic carbocycles. The number of halogens is 4. The molecule has 32 heavy (non-hydrogen) atoms. The van der Waals surface area contributed by atoms with Crippen molar-refractivity contribution in [1.29, 1.82) is 0 Å². The molecule has 0 bridgehead atoms. The number of guanidine groups is 1. The van der Waals surface area contributed by atoms with Gasteiger partial charge in [0, 0.05) is 64.6 Å². The summed E-state index contributed by atoms with van der Waals surface area (Å²) in [5.41, 5.74) is 2.59. The van der Waals surface area contributed by atoms with Crippen molar-refractivity contribution in [3.05, 3.63) is 29.8 Å². The van der Waals surface area contributed by atoms with Crippen molar-refractivity contribution < 1.29 is 13.2 Å². The lowest BCUT2D eigenvalue weighted by molar-refractivity contribution is -0.143. The van der Waals surface area contributed by atoms with Crippen LogP contribution in [0, 0.1) is 6.92 Å². The first kappa shape index (κ1) is 27.0. The van der Waals surface area contributed by atoms with Crippen LogP contribution in [0.1, 0.15) is 18.4 Å². The van der Waals surface area contributed by atoms with E-state index < -0.39 is 12.7 Å². The Morgan fingerprint density at radius 2 is 1.88 bits per heavy atom. The zero-order chi connectivity index (χ0) is 22.3. The van der Waals surface area contributed by atoms with E-state index in [0.29, 0.717) is 25.5 Å². The Bertz CT molecular complexity index is 722. The Morgan fingerprint density at radius 3 is 2.53 bits per heavy atom. The van der Waals surface area contributed by atoms with Gasteiger partial charge in [-0.2, -0.15) is 13.2 Å². The van der Waals surface area contributed by atoms with Gasteiger partial charge in [0.25, 0.3) is 0 Å². The molecule has 6 nitrogen and oxygen atoms in total. The molecule has 0 aliphatic carbocycles. The predicted molar refractivity (Wildman–Crippen MR) is 135 cm³/mol. The fourth-order valence-corrected chi connectivity index (χ4v) is 4.30. The van der Waals surface area contributed by atoms with E-state index in [1.54, 1.807) is 7.05 Å². The first-order chi connectivity index (χ1) is 14.8. The molecule has 1 aromatic rings. The van der Waals surface area contributed by atoms with Gasteiger partial charge in [0.15, 0.2) is 5.96 Å². The van der Waals surface area contributed by atoms with E-state index in [2.05, 4.69) is 56.6 Å². The number of piperazine rings is 1. The number of aryl methyl sites for hydroxylation is 1. The van der Waals surface area contributed by atoms with Crippen LogP contribution in [-0.2, 0) is 0 Å². The number of aliphatic imine (C=N–C) groups is 1. The molecule has 0 saturated carbocycles. The van der Waals surface area contributed by atoms with Crippen LogP contribution >= 0.6 is 24.0 Å². The van der Waals surface area contributed by atoms with E-state index >= 15 is 0 Å². The largest absolute Gasteiger partial charge is 0.401 e. The van der Waals surface area contributed by atoms with Crippen LogP contribution in [0.2, 0.25) is 0 Å².